The molecule has 0 aromatic carbocycles. The molecule has 3 aromatic heterocycles. The topological polar surface area (TPSA) is 99.7 Å². The van der Waals surface area contributed by atoms with Crippen LogP contribution in [0.5, 0.6) is 0 Å². The highest BCUT2D eigenvalue weighted by molar-refractivity contribution is 5.92. The fourth-order valence-electron chi connectivity index (χ4n) is 3.49. The monoisotopic (exact) mass is 352 g/mol. The highest BCUT2D eigenvalue weighted by Crippen LogP contribution is 2.27. The van der Waals surface area contributed by atoms with Crippen LogP contribution < -0.4 is 5.69 Å². The minimum Gasteiger partial charge on any atom is -0.337 e. The second-order valence-electron chi connectivity index (χ2n) is 6.52. The Morgan fingerprint density at radius 3 is 2.88 bits per heavy atom. The highest BCUT2D eigenvalue weighted by Gasteiger charge is 2.28. The number of aromatic nitrogens is 5. The molecule has 134 valence electrons. The molecule has 0 radical (unpaired) electrons. The average Bonchev–Trinajstić information content (AvgIpc) is 3.31. The van der Waals surface area contributed by atoms with E-state index in [9.17, 15) is 9.59 Å². The van der Waals surface area contributed by atoms with E-state index in [1.165, 1.54) is 6.20 Å². The number of carbonyl (C=O) groups is 1. The predicted octanol–water partition coefficient (Wildman–Crippen LogP) is 1.36. The van der Waals surface area contributed by atoms with Crippen molar-refractivity contribution >= 4 is 5.91 Å². The lowest BCUT2D eigenvalue weighted by Crippen LogP contribution is -2.40. The average molecular weight is 352 g/mol. The van der Waals surface area contributed by atoms with E-state index in [4.69, 9.17) is 0 Å². The van der Waals surface area contributed by atoms with Gasteiger partial charge in [0.05, 0.1) is 0 Å². The summed E-state index contributed by atoms with van der Waals surface area (Å²) in [4.78, 5) is 39.3. The van der Waals surface area contributed by atoms with E-state index in [-0.39, 0.29) is 17.5 Å². The van der Waals surface area contributed by atoms with E-state index < -0.39 is 0 Å². The maximum atomic E-state index is 12.6. The second kappa shape index (κ2) is 6.99. The second-order valence-corrected chi connectivity index (χ2v) is 6.52. The minimum atomic E-state index is -0.366. The number of likely N-dealkylation sites (tertiary alicyclic amines) is 1. The third-order valence-electron chi connectivity index (χ3n) is 4.75. The maximum Gasteiger partial charge on any atom is 0.323 e. The molecule has 0 spiro atoms. The zero-order valence-electron chi connectivity index (χ0n) is 14.3. The number of nitrogens with zero attached hydrogens (tertiary/aromatic N) is 4. The number of H-pyrrole nitrogens is 2. The van der Waals surface area contributed by atoms with Crippen molar-refractivity contribution in [1.82, 2.24) is 29.4 Å². The Kier molecular flexibility index (Phi) is 4.39. The van der Waals surface area contributed by atoms with E-state index in [1.807, 2.05) is 18.3 Å². The standard InChI is InChI=1S/C18H20N6O2/c25-17(15-10-21-18(26)22-15)24-8-1-2-14(12-24)16-20-7-9-23(16)11-13-3-5-19-6-4-13/h3-7,9-10,14H,1-2,8,11-12H2,(H2,21,22,26)/t14-/m0/s1. The zero-order chi connectivity index (χ0) is 17.9. The van der Waals surface area contributed by atoms with Gasteiger partial charge in [0.2, 0.25) is 0 Å². The number of amides is 1. The SMILES string of the molecule is O=C(c1c[nH]c(=O)[nH]1)N1CCC[C@H](c2nccn2Cc2ccncc2)C1. The fraction of sp³-hybridized carbons (Fsp3) is 0.333. The van der Waals surface area contributed by atoms with Crippen LogP contribution in [0.15, 0.2) is 47.9 Å². The van der Waals surface area contributed by atoms with Crippen LogP contribution in [-0.4, -0.2) is 48.4 Å². The number of nitrogens with one attached hydrogen (secondary N) is 2. The Hall–Kier alpha value is -3.16. The van der Waals surface area contributed by atoms with Gasteiger partial charge >= 0.3 is 5.69 Å². The van der Waals surface area contributed by atoms with Crippen LogP contribution in [0, 0.1) is 0 Å². The van der Waals surface area contributed by atoms with Crippen molar-refractivity contribution < 1.29 is 4.79 Å². The number of aromatic amines is 2. The molecule has 1 atom stereocenters. The molecular weight excluding hydrogens is 332 g/mol. The number of piperidine rings is 1. The lowest BCUT2D eigenvalue weighted by Gasteiger charge is -2.32. The quantitative estimate of drug-likeness (QED) is 0.740. The molecule has 26 heavy (non-hydrogen) atoms. The summed E-state index contributed by atoms with van der Waals surface area (Å²) in [6.45, 7) is 2.01. The molecule has 0 unspecified atom stereocenters. The molecule has 3 aromatic rings. The molecule has 0 bridgehead atoms. The fourth-order valence-corrected chi connectivity index (χ4v) is 3.49. The van der Waals surface area contributed by atoms with Gasteiger partial charge in [0, 0.05) is 56.5 Å². The van der Waals surface area contributed by atoms with Gasteiger partial charge in [-0.25, -0.2) is 9.78 Å². The highest BCUT2D eigenvalue weighted by atomic mass is 16.2. The number of imidazole rings is 2. The third-order valence-corrected chi connectivity index (χ3v) is 4.75. The Labute approximate surface area is 149 Å². The van der Waals surface area contributed by atoms with E-state index >= 15 is 0 Å². The summed E-state index contributed by atoms with van der Waals surface area (Å²) in [6, 6.07) is 3.98. The third kappa shape index (κ3) is 3.30. The van der Waals surface area contributed by atoms with Gasteiger partial charge in [0.1, 0.15) is 11.5 Å². The summed E-state index contributed by atoms with van der Waals surface area (Å²) in [5.41, 5.74) is 1.10. The van der Waals surface area contributed by atoms with Crippen LogP contribution in [0.3, 0.4) is 0 Å². The van der Waals surface area contributed by atoms with E-state index in [0.717, 1.165) is 30.8 Å². The number of pyridine rings is 1. The van der Waals surface area contributed by atoms with Crippen molar-refractivity contribution in [3.05, 3.63) is 70.7 Å². The molecule has 4 heterocycles. The molecule has 0 saturated carbocycles. The van der Waals surface area contributed by atoms with Crippen molar-refractivity contribution in [3.8, 4) is 0 Å². The first-order valence-electron chi connectivity index (χ1n) is 8.67. The molecule has 1 aliphatic rings. The summed E-state index contributed by atoms with van der Waals surface area (Å²) in [5, 5.41) is 0. The largest absolute Gasteiger partial charge is 0.337 e. The molecule has 2 N–H and O–H groups in total. The normalized spacial score (nSPS) is 17.4. The maximum absolute atomic E-state index is 12.6. The molecule has 1 fully saturated rings. The van der Waals surface area contributed by atoms with Gasteiger partial charge in [-0.2, -0.15) is 0 Å². The number of carbonyl (C=O) groups excluding carboxylic acids is 1. The van der Waals surface area contributed by atoms with E-state index in [0.29, 0.717) is 18.8 Å². The molecule has 1 amide bonds. The molecule has 4 rings (SSSR count). The number of hydrogen-bond acceptors (Lipinski definition) is 4. The number of rotatable bonds is 4. The van der Waals surface area contributed by atoms with Crippen LogP contribution in [0.1, 0.15) is 40.6 Å². The Balaban J connectivity index is 1.51. The van der Waals surface area contributed by atoms with Gasteiger partial charge in [-0.3, -0.25) is 9.78 Å². The van der Waals surface area contributed by atoms with Gasteiger partial charge < -0.3 is 19.4 Å². The van der Waals surface area contributed by atoms with Gasteiger partial charge in [-0.15, -0.1) is 0 Å². The van der Waals surface area contributed by atoms with Gasteiger partial charge in [0.25, 0.3) is 5.91 Å². The first-order chi connectivity index (χ1) is 12.7. The molecule has 8 nitrogen and oxygen atoms in total. The van der Waals surface area contributed by atoms with Crippen LogP contribution in [-0.2, 0) is 6.54 Å². The Bertz CT molecular complexity index is 942. The molecule has 0 aliphatic carbocycles. The van der Waals surface area contributed by atoms with Gasteiger partial charge in [-0.1, -0.05) is 0 Å². The van der Waals surface area contributed by atoms with Crippen molar-refractivity contribution in [3.63, 3.8) is 0 Å². The lowest BCUT2D eigenvalue weighted by molar-refractivity contribution is 0.0698. The molecular formula is C18H20N6O2. The van der Waals surface area contributed by atoms with Crippen LogP contribution in [0.4, 0.5) is 0 Å². The Morgan fingerprint density at radius 1 is 1.27 bits per heavy atom. The molecule has 8 heteroatoms. The van der Waals surface area contributed by atoms with Crippen molar-refractivity contribution in [2.45, 2.75) is 25.3 Å². The summed E-state index contributed by atoms with van der Waals surface area (Å²) >= 11 is 0. The van der Waals surface area contributed by atoms with E-state index in [1.54, 1.807) is 23.5 Å². The van der Waals surface area contributed by atoms with Gasteiger partial charge in [-0.05, 0) is 30.5 Å². The van der Waals surface area contributed by atoms with Crippen LogP contribution >= 0.6 is 0 Å². The summed E-state index contributed by atoms with van der Waals surface area (Å²) in [7, 11) is 0. The smallest absolute Gasteiger partial charge is 0.323 e. The van der Waals surface area contributed by atoms with Crippen molar-refractivity contribution in [2.24, 2.45) is 0 Å². The first-order valence-corrected chi connectivity index (χ1v) is 8.67. The number of hydrogen-bond donors (Lipinski definition) is 2. The van der Waals surface area contributed by atoms with Crippen LogP contribution in [0.2, 0.25) is 0 Å². The summed E-state index contributed by atoms with van der Waals surface area (Å²) in [5.74, 6) is 1.01. The predicted molar refractivity (Wildman–Crippen MR) is 94.9 cm³/mol. The van der Waals surface area contributed by atoms with E-state index in [2.05, 4.69) is 24.5 Å². The lowest BCUT2D eigenvalue weighted by atomic mass is 9.96. The van der Waals surface area contributed by atoms with Crippen LogP contribution in [0.25, 0.3) is 0 Å². The van der Waals surface area contributed by atoms with Crippen molar-refractivity contribution in [1.29, 1.82) is 0 Å². The summed E-state index contributed by atoms with van der Waals surface area (Å²) in [6.07, 6.45) is 10.7. The molecule has 1 saturated heterocycles. The van der Waals surface area contributed by atoms with Crippen molar-refractivity contribution in [2.75, 3.05) is 13.1 Å². The first kappa shape index (κ1) is 16.3. The molecule has 1 aliphatic heterocycles. The van der Waals surface area contributed by atoms with Gasteiger partial charge in [0.15, 0.2) is 0 Å². The Morgan fingerprint density at radius 2 is 2.12 bits per heavy atom. The minimum absolute atomic E-state index is 0.153. The summed E-state index contributed by atoms with van der Waals surface area (Å²) < 4.78 is 2.13. The zero-order valence-corrected chi connectivity index (χ0v) is 14.3.